The molecule has 0 atom stereocenters. The van der Waals surface area contributed by atoms with Crippen LogP contribution in [0, 0.1) is 0 Å². The molecule has 16 heavy (non-hydrogen) atoms. The molecule has 76 valence electrons. The molecule has 1 aliphatic rings. The molecule has 3 rings (SSSR count). The lowest BCUT2D eigenvalue weighted by atomic mass is 9.71. The Kier molecular flexibility index (Phi) is 2.22. The Morgan fingerprint density at radius 3 is 2.75 bits per heavy atom. The van der Waals surface area contributed by atoms with E-state index in [9.17, 15) is 0 Å². The Morgan fingerprint density at radius 1 is 1.12 bits per heavy atom. The summed E-state index contributed by atoms with van der Waals surface area (Å²) in [6.07, 6.45) is 8.24. The van der Waals surface area contributed by atoms with Gasteiger partial charge in [-0.2, -0.15) is 5.10 Å². The van der Waals surface area contributed by atoms with Crippen molar-refractivity contribution in [3.05, 3.63) is 66.4 Å². The maximum atomic E-state index is 4.38. The lowest BCUT2D eigenvalue weighted by Gasteiger charge is -1.99. The zero-order chi connectivity index (χ0) is 10.8. The van der Waals surface area contributed by atoms with Crippen molar-refractivity contribution < 1.29 is 0 Å². The second-order valence-corrected chi connectivity index (χ2v) is 3.83. The molecule has 0 saturated carbocycles. The summed E-state index contributed by atoms with van der Waals surface area (Å²) < 4.78 is 1.91. The van der Waals surface area contributed by atoms with E-state index in [-0.39, 0.29) is 0 Å². The van der Waals surface area contributed by atoms with E-state index in [0.717, 1.165) is 13.0 Å². The van der Waals surface area contributed by atoms with Gasteiger partial charge in [-0.15, -0.1) is 5.98 Å². The largest absolute Gasteiger partial charge is 0.240 e. The van der Waals surface area contributed by atoms with Crippen molar-refractivity contribution in [3.63, 3.8) is 0 Å². The van der Waals surface area contributed by atoms with Crippen molar-refractivity contribution in [2.75, 3.05) is 0 Å². The van der Waals surface area contributed by atoms with Crippen molar-refractivity contribution in [2.45, 2.75) is 0 Å². The van der Waals surface area contributed by atoms with Crippen LogP contribution in [0.1, 0.15) is 5.56 Å². The van der Waals surface area contributed by atoms with Gasteiger partial charge in [-0.3, -0.25) is 0 Å². The topological polar surface area (TPSA) is 17.8 Å². The Labute approximate surface area is 95.2 Å². The van der Waals surface area contributed by atoms with E-state index in [1.165, 1.54) is 11.0 Å². The van der Waals surface area contributed by atoms with Crippen LogP contribution in [0.4, 0.5) is 0 Å². The second-order valence-electron chi connectivity index (χ2n) is 3.83. The molecule has 1 aromatic carbocycles. The number of benzene rings is 1. The number of aromatic nitrogens is 2. The second kappa shape index (κ2) is 3.85. The van der Waals surface area contributed by atoms with Crippen LogP contribution in [0.2, 0.25) is 0 Å². The third-order valence-electron chi connectivity index (χ3n) is 2.75. The van der Waals surface area contributed by atoms with Crippen molar-refractivity contribution >= 4 is 12.8 Å². The molecule has 3 heteroatoms. The molecule has 0 fully saturated rings. The number of hydrogen-bond acceptors (Lipinski definition) is 1. The standard InChI is InChI=1S/C13H11BN2/c1-2-5-12(6-3-1)16-10-11(9-15-16)13-7-4-8-14-13/h1-10,14H. The first kappa shape index (κ1) is 9.22. The van der Waals surface area contributed by atoms with Gasteiger partial charge in [0.25, 0.3) is 0 Å². The number of para-hydroxylation sites is 1. The molecule has 0 aliphatic carbocycles. The lowest BCUT2D eigenvalue weighted by Crippen LogP contribution is -1.93. The van der Waals surface area contributed by atoms with Crippen LogP contribution >= 0.6 is 0 Å². The van der Waals surface area contributed by atoms with E-state index in [1.807, 2.05) is 29.1 Å². The van der Waals surface area contributed by atoms with E-state index in [4.69, 9.17) is 0 Å². The van der Waals surface area contributed by atoms with Gasteiger partial charge in [0.2, 0.25) is 0 Å². The predicted molar refractivity (Wildman–Crippen MR) is 67.8 cm³/mol. The van der Waals surface area contributed by atoms with E-state index in [2.05, 4.69) is 41.6 Å². The van der Waals surface area contributed by atoms with E-state index < -0.39 is 0 Å². The number of rotatable bonds is 2. The molecule has 0 bridgehead atoms. The van der Waals surface area contributed by atoms with Gasteiger partial charge in [-0.25, -0.2) is 4.68 Å². The summed E-state index contributed by atoms with van der Waals surface area (Å²) in [5.41, 5.74) is 3.64. The van der Waals surface area contributed by atoms with E-state index in [1.54, 1.807) is 0 Å². The maximum Gasteiger partial charge on any atom is 0.183 e. The quantitative estimate of drug-likeness (QED) is 0.688. The van der Waals surface area contributed by atoms with E-state index >= 15 is 0 Å². The van der Waals surface area contributed by atoms with Gasteiger partial charge < -0.3 is 0 Å². The summed E-state index contributed by atoms with van der Waals surface area (Å²) in [6.45, 7) is 0. The highest BCUT2D eigenvalue weighted by atomic mass is 15.3. The molecular weight excluding hydrogens is 195 g/mol. The minimum Gasteiger partial charge on any atom is -0.240 e. The first-order valence-corrected chi connectivity index (χ1v) is 5.40. The van der Waals surface area contributed by atoms with Crippen LogP contribution in [-0.4, -0.2) is 17.1 Å². The first-order chi connectivity index (χ1) is 7.93. The molecule has 1 aromatic heterocycles. The van der Waals surface area contributed by atoms with Gasteiger partial charge in [-0.05, 0) is 12.1 Å². The highest BCUT2D eigenvalue weighted by Gasteiger charge is 2.07. The van der Waals surface area contributed by atoms with Gasteiger partial charge >= 0.3 is 0 Å². The van der Waals surface area contributed by atoms with Gasteiger partial charge in [-0.1, -0.05) is 35.8 Å². The first-order valence-electron chi connectivity index (χ1n) is 5.40. The molecule has 0 unspecified atom stereocenters. The summed E-state index contributed by atoms with van der Waals surface area (Å²) in [5.74, 6) is 2.16. The summed E-state index contributed by atoms with van der Waals surface area (Å²) in [6, 6.07) is 10.2. The SMILES string of the molecule is B1C=CC=C1c1cnn(-c2ccccc2)c1. The van der Waals surface area contributed by atoms with Crippen molar-refractivity contribution in [3.8, 4) is 5.69 Å². The van der Waals surface area contributed by atoms with Gasteiger partial charge in [0.15, 0.2) is 7.28 Å². The fourth-order valence-electron chi connectivity index (χ4n) is 1.87. The minimum atomic E-state index is 1.01. The number of nitrogens with zero attached hydrogens (tertiary/aromatic N) is 2. The smallest absolute Gasteiger partial charge is 0.183 e. The van der Waals surface area contributed by atoms with Crippen molar-refractivity contribution in [2.24, 2.45) is 0 Å². The van der Waals surface area contributed by atoms with Crippen LogP contribution in [0.3, 0.4) is 0 Å². The van der Waals surface area contributed by atoms with Crippen LogP contribution in [0.5, 0.6) is 0 Å². The molecule has 0 saturated heterocycles. The normalized spacial score (nSPS) is 13.6. The van der Waals surface area contributed by atoms with E-state index in [0.29, 0.717) is 0 Å². The fourth-order valence-corrected chi connectivity index (χ4v) is 1.87. The molecule has 2 heterocycles. The Balaban J connectivity index is 1.94. The van der Waals surface area contributed by atoms with Crippen molar-refractivity contribution in [1.29, 1.82) is 0 Å². The highest BCUT2D eigenvalue weighted by molar-refractivity contribution is 6.66. The summed E-state index contributed by atoms with van der Waals surface area (Å²) in [5, 5.41) is 4.38. The molecule has 0 radical (unpaired) electrons. The third-order valence-corrected chi connectivity index (χ3v) is 2.75. The van der Waals surface area contributed by atoms with Crippen LogP contribution in [0.25, 0.3) is 11.2 Å². The van der Waals surface area contributed by atoms with Gasteiger partial charge in [0, 0.05) is 11.8 Å². The summed E-state index contributed by atoms with van der Waals surface area (Å²) in [4.78, 5) is 0. The fraction of sp³-hybridized carbons (Fsp3) is 0. The molecule has 2 nitrogen and oxygen atoms in total. The lowest BCUT2D eigenvalue weighted by molar-refractivity contribution is 0.880. The third kappa shape index (κ3) is 1.61. The minimum absolute atomic E-state index is 1.01. The number of allylic oxidation sites excluding steroid dienone is 2. The maximum absolute atomic E-state index is 4.38. The zero-order valence-corrected chi connectivity index (χ0v) is 8.88. The van der Waals surface area contributed by atoms with Crippen molar-refractivity contribution in [1.82, 2.24) is 9.78 Å². The molecular formula is C13H11BN2. The molecule has 0 N–H and O–H groups in total. The average Bonchev–Trinajstić information content (AvgIpc) is 3.01. The highest BCUT2D eigenvalue weighted by Crippen LogP contribution is 2.17. The predicted octanol–water partition coefficient (Wildman–Crippen LogP) is 2.18. The van der Waals surface area contributed by atoms with Gasteiger partial charge in [0.05, 0.1) is 11.9 Å². The molecule has 0 spiro atoms. The van der Waals surface area contributed by atoms with Crippen LogP contribution < -0.4 is 0 Å². The van der Waals surface area contributed by atoms with Gasteiger partial charge in [0.1, 0.15) is 0 Å². The summed E-state index contributed by atoms with van der Waals surface area (Å²) in [7, 11) is 1.01. The Bertz CT molecular complexity index is 552. The number of hydrogen-bond donors (Lipinski definition) is 0. The van der Waals surface area contributed by atoms with Crippen LogP contribution in [0.15, 0.2) is 60.9 Å². The molecule has 2 aromatic rings. The van der Waals surface area contributed by atoms with Crippen LogP contribution in [-0.2, 0) is 0 Å². The average molecular weight is 206 g/mol. The monoisotopic (exact) mass is 206 g/mol. The molecule has 1 aliphatic heterocycles. The Hall–Kier alpha value is -2.03. The summed E-state index contributed by atoms with van der Waals surface area (Å²) >= 11 is 0. The Morgan fingerprint density at radius 2 is 2.00 bits per heavy atom. The molecule has 0 amide bonds. The zero-order valence-electron chi connectivity index (χ0n) is 8.88.